The van der Waals surface area contributed by atoms with Gasteiger partial charge in [0.2, 0.25) is 6.86 Å². The summed E-state index contributed by atoms with van der Waals surface area (Å²) in [6, 6.07) is 13.9. The highest BCUT2D eigenvalue weighted by Crippen LogP contribution is 2.35. The van der Waals surface area contributed by atoms with Crippen LogP contribution in [-0.4, -0.2) is 6.86 Å². The predicted octanol–water partition coefficient (Wildman–Crippen LogP) is 4.36. The lowest BCUT2D eigenvalue weighted by Gasteiger charge is -2.00. The molecule has 0 amide bonds. The maximum atomic E-state index is 12.1. The molecule has 2 aromatic carbocycles. The molecule has 80 valence electrons. The summed E-state index contributed by atoms with van der Waals surface area (Å²) in [6.07, 6.45) is 0. The molecule has 1 aromatic heterocycles. The molecule has 3 heteroatoms. The first kappa shape index (κ1) is 9.60. The summed E-state index contributed by atoms with van der Waals surface area (Å²) in [5.74, 6) is 0.582. The van der Waals surface area contributed by atoms with E-state index in [1.54, 1.807) is 17.4 Å². The first-order chi connectivity index (χ1) is 7.88. The number of thiophene rings is 1. The number of hydrogen-bond donors (Lipinski definition) is 0. The molecule has 0 spiro atoms. The lowest BCUT2D eigenvalue weighted by molar-refractivity contribution is 0.192. The third kappa shape index (κ3) is 1.44. The van der Waals surface area contributed by atoms with Crippen molar-refractivity contribution in [2.45, 2.75) is 0 Å². The van der Waals surface area contributed by atoms with Gasteiger partial charge in [-0.15, -0.1) is 11.3 Å². The van der Waals surface area contributed by atoms with Crippen molar-refractivity contribution in [2.75, 3.05) is 6.86 Å². The first-order valence-electron chi connectivity index (χ1n) is 4.98. The van der Waals surface area contributed by atoms with Crippen molar-refractivity contribution < 1.29 is 9.13 Å². The number of benzene rings is 2. The normalized spacial score (nSPS) is 11.1. The van der Waals surface area contributed by atoms with Gasteiger partial charge in [-0.3, -0.25) is 0 Å². The molecule has 0 fully saturated rings. The van der Waals surface area contributed by atoms with Crippen LogP contribution in [-0.2, 0) is 0 Å². The Hall–Kier alpha value is -1.61. The topological polar surface area (TPSA) is 9.23 Å². The van der Waals surface area contributed by atoms with Gasteiger partial charge in [0.15, 0.2) is 0 Å². The molecule has 16 heavy (non-hydrogen) atoms. The molecular weight excluding hydrogens is 223 g/mol. The Morgan fingerprint density at radius 2 is 1.81 bits per heavy atom. The van der Waals surface area contributed by atoms with E-state index >= 15 is 0 Å². The molecule has 0 unspecified atom stereocenters. The standard InChI is InChI=1S/C13H9FOS/c14-8-15-9-5-6-13-11(7-9)10-3-1-2-4-12(10)16-13/h1-7H,8H2. The van der Waals surface area contributed by atoms with E-state index < -0.39 is 6.86 Å². The molecule has 0 aliphatic rings. The minimum Gasteiger partial charge on any atom is -0.463 e. The number of fused-ring (bicyclic) bond motifs is 3. The average Bonchev–Trinajstić information content (AvgIpc) is 2.68. The molecule has 0 aliphatic heterocycles. The molecule has 0 saturated heterocycles. The van der Waals surface area contributed by atoms with Crippen molar-refractivity contribution >= 4 is 31.5 Å². The van der Waals surface area contributed by atoms with Crippen LogP contribution in [0.3, 0.4) is 0 Å². The molecule has 0 radical (unpaired) electrons. The average molecular weight is 232 g/mol. The number of ether oxygens (including phenoxy) is 1. The maximum Gasteiger partial charge on any atom is 0.228 e. The van der Waals surface area contributed by atoms with Gasteiger partial charge in [-0.05, 0) is 24.3 Å². The zero-order valence-electron chi connectivity index (χ0n) is 8.44. The van der Waals surface area contributed by atoms with E-state index in [1.807, 2.05) is 24.3 Å². The summed E-state index contributed by atoms with van der Waals surface area (Å²) in [5, 5.41) is 2.33. The van der Waals surface area contributed by atoms with Crippen LogP contribution in [0.4, 0.5) is 4.39 Å². The summed E-state index contributed by atoms with van der Waals surface area (Å²) < 4.78 is 19.4. The van der Waals surface area contributed by atoms with Crippen LogP contribution in [0.15, 0.2) is 42.5 Å². The highest BCUT2D eigenvalue weighted by Gasteiger charge is 2.05. The van der Waals surface area contributed by atoms with Crippen LogP contribution in [0.1, 0.15) is 0 Å². The molecule has 0 bridgehead atoms. The van der Waals surface area contributed by atoms with Crippen molar-refractivity contribution in [3.05, 3.63) is 42.5 Å². The van der Waals surface area contributed by atoms with Gasteiger partial charge >= 0.3 is 0 Å². The Bertz CT molecular complexity index is 645. The van der Waals surface area contributed by atoms with Crippen LogP contribution in [0, 0.1) is 0 Å². The quantitative estimate of drug-likeness (QED) is 0.638. The molecule has 1 nitrogen and oxygen atoms in total. The predicted molar refractivity (Wildman–Crippen MR) is 65.9 cm³/mol. The van der Waals surface area contributed by atoms with E-state index in [4.69, 9.17) is 4.74 Å². The van der Waals surface area contributed by atoms with E-state index in [0.717, 1.165) is 5.39 Å². The molecule has 0 atom stereocenters. The summed E-state index contributed by atoms with van der Waals surface area (Å²) >= 11 is 1.74. The third-order valence-electron chi connectivity index (χ3n) is 2.57. The minimum atomic E-state index is -0.784. The SMILES string of the molecule is FCOc1ccc2sc3ccccc3c2c1. The van der Waals surface area contributed by atoms with Crippen LogP contribution < -0.4 is 4.74 Å². The Morgan fingerprint density at radius 3 is 2.69 bits per heavy atom. The molecule has 3 aromatic rings. The van der Waals surface area contributed by atoms with Gasteiger partial charge < -0.3 is 4.74 Å². The molecule has 0 aliphatic carbocycles. The van der Waals surface area contributed by atoms with Gasteiger partial charge in [-0.2, -0.15) is 0 Å². The van der Waals surface area contributed by atoms with Crippen molar-refractivity contribution in [3.8, 4) is 5.75 Å². The monoisotopic (exact) mass is 232 g/mol. The van der Waals surface area contributed by atoms with E-state index in [9.17, 15) is 4.39 Å². The zero-order chi connectivity index (χ0) is 11.0. The zero-order valence-corrected chi connectivity index (χ0v) is 9.26. The second-order valence-corrected chi connectivity index (χ2v) is 4.59. The largest absolute Gasteiger partial charge is 0.463 e. The second-order valence-electron chi connectivity index (χ2n) is 3.51. The Labute approximate surface area is 96.1 Å². The maximum absolute atomic E-state index is 12.1. The first-order valence-corrected chi connectivity index (χ1v) is 5.80. The molecular formula is C13H9FOS. The lowest BCUT2D eigenvalue weighted by Crippen LogP contribution is -1.88. The summed E-state index contributed by atoms with van der Waals surface area (Å²) in [4.78, 5) is 0. The van der Waals surface area contributed by atoms with Crippen molar-refractivity contribution in [2.24, 2.45) is 0 Å². The molecule has 3 rings (SSSR count). The Balaban J connectivity index is 2.31. The highest BCUT2D eigenvalue weighted by molar-refractivity contribution is 7.25. The number of alkyl halides is 1. The van der Waals surface area contributed by atoms with Gasteiger partial charge in [0.25, 0.3) is 0 Å². The number of rotatable bonds is 2. The van der Waals surface area contributed by atoms with Crippen molar-refractivity contribution in [1.29, 1.82) is 0 Å². The second kappa shape index (κ2) is 3.76. The van der Waals surface area contributed by atoms with Crippen LogP contribution in [0.25, 0.3) is 20.2 Å². The van der Waals surface area contributed by atoms with Crippen LogP contribution in [0.2, 0.25) is 0 Å². The molecule has 0 N–H and O–H groups in total. The molecule has 0 saturated carbocycles. The Kier molecular flexibility index (Phi) is 2.26. The summed E-state index contributed by atoms with van der Waals surface area (Å²) in [7, 11) is 0. The van der Waals surface area contributed by atoms with Gasteiger partial charge in [-0.1, -0.05) is 18.2 Å². The number of halogens is 1. The smallest absolute Gasteiger partial charge is 0.228 e. The van der Waals surface area contributed by atoms with E-state index in [-0.39, 0.29) is 0 Å². The van der Waals surface area contributed by atoms with Gasteiger partial charge in [0.1, 0.15) is 5.75 Å². The lowest BCUT2D eigenvalue weighted by atomic mass is 10.1. The van der Waals surface area contributed by atoms with Crippen LogP contribution in [0.5, 0.6) is 5.75 Å². The third-order valence-corrected chi connectivity index (χ3v) is 3.72. The molecule has 1 heterocycles. The number of hydrogen-bond acceptors (Lipinski definition) is 2. The minimum absolute atomic E-state index is 0.582. The summed E-state index contributed by atoms with van der Waals surface area (Å²) in [5.41, 5.74) is 0. The highest BCUT2D eigenvalue weighted by atomic mass is 32.1. The van der Waals surface area contributed by atoms with Crippen LogP contribution >= 0.6 is 11.3 Å². The van der Waals surface area contributed by atoms with E-state index in [1.165, 1.54) is 14.8 Å². The van der Waals surface area contributed by atoms with Gasteiger partial charge in [0, 0.05) is 20.2 Å². The van der Waals surface area contributed by atoms with Crippen molar-refractivity contribution in [1.82, 2.24) is 0 Å². The Morgan fingerprint density at radius 1 is 1.00 bits per heavy atom. The fourth-order valence-electron chi connectivity index (χ4n) is 1.86. The van der Waals surface area contributed by atoms with E-state index in [0.29, 0.717) is 5.75 Å². The summed E-state index contributed by atoms with van der Waals surface area (Å²) in [6.45, 7) is -0.784. The van der Waals surface area contributed by atoms with Gasteiger partial charge in [-0.25, -0.2) is 4.39 Å². The van der Waals surface area contributed by atoms with Gasteiger partial charge in [0.05, 0.1) is 0 Å². The van der Waals surface area contributed by atoms with E-state index in [2.05, 4.69) is 12.1 Å². The van der Waals surface area contributed by atoms with Crippen molar-refractivity contribution in [3.63, 3.8) is 0 Å². The fraction of sp³-hybridized carbons (Fsp3) is 0.0769. The fourth-order valence-corrected chi connectivity index (χ4v) is 2.94.